The summed E-state index contributed by atoms with van der Waals surface area (Å²) in [7, 11) is 0. The third-order valence-corrected chi connectivity index (χ3v) is 2.75. The van der Waals surface area contributed by atoms with Crippen molar-refractivity contribution in [3.8, 4) is 0 Å². The molecule has 0 bridgehead atoms. The molecule has 106 valence electrons. The Morgan fingerprint density at radius 2 is 1.55 bits per heavy atom. The molecule has 0 amide bonds. The molecule has 0 heterocycles. The lowest BCUT2D eigenvalue weighted by Crippen LogP contribution is -1.87. The molecule has 0 aromatic heterocycles. The van der Waals surface area contributed by atoms with Gasteiger partial charge in [0.25, 0.3) is 0 Å². The van der Waals surface area contributed by atoms with Crippen molar-refractivity contribution in [3.63, 3.8) is 0 Å². The Hall–Kier alpha value is -1.49. The van der Waals surface area contributed by atoms with Gasteiger partial charge >= 0.3 is 0 Å². The highest BCUT2D eigenvalue weighted by Crippen LogP contribution is 2.14. The number of carbonyl (C=O) groups is 1. The Morgan fingerprint density at radius 1 is 1.00 bits per heavy atom. The number of benzene rings is 2. The van der Waals surface area contributed by atoms with Gasteiger partial charge in [-0.1, -0.05) is 29.3 Å². The molecule has 0 unspecified atom stereocenters. The van der Waals surface area contributed by atoms with Crippen LogP contribution >= 0.6 is 23.2 Å². The molecular formula is C14H10Cl2F2O2. The van der Waals surface area contributed by atoms with Crippen LogP contribution in [0, 0.1) is 11.6 Å². The molecule has 0 saturated carbocycles. The highest BCUT2D eigenvalue weighted by molar-refractivity contribution is 6.30. The standard InChI is InChI=1S/C7H6ClFO.C7H4ClFO/c2*8-6-2-1-5(4-10)7(9)3-6/h1-3,10H,4H2;1-4H. The number of aldehydes is 1. The molecule has 2 aromatic carbocycles. The van der Waals surface area contributed by atoms with E-state index in [1.807, 2.05) is 0 Å². The van der Waals surface area contributed by atoms with Crippen molar-refractivity contribution in [2.75, 3.05) is 0 Å². The van der Waals surface area contributed by atoms with Crippen molar-refractivity contribution < 1.29 is 18.7 Å². The summed E-state index contributed by atoms with van der Waals surface area (Å²) in [5.74, 6) is -1.04. The molecule has 0 aliphatic heterocycles. The zero-order valence-electron chi connectivity index (χ0n) is 10.1. The maximum absolute atomic E-state index is 12.6. The Labute approximate surface area is 124 Å². The summed E-state index contributed by atoms with van der Waals surface area (Å²) in [4.78, 5) is 10.1. The van der Waals surface area contributed by atoms with E-state index >= 15 is 0 Å². The van der Waals surface area contributed by atoms with Crippen LogP contribution in [0.2, 0.25) is 10.0 Å². The summed E-state index contributed by atoms with van der Waals surface area (Å²) in [6, 6.07) is 8.07. The maximum atomic E-state index is 12.6. The number of carbonyl (C=O) groups excluding carboxylic acids is 1. The highest BCUT2D eigenvalue weighted by atomic mass is 35.5. The molecule has 2 nitrogen and oxygen atoms in total. The number of aliphatic hydroxyl groups is 1. The summed E-state index contributed by atoms with van der Waals surface area (Å²) >= 11 is 10.9. The van der Waals surface area contributed by atoms with E-state index in [0.29, 0.717) is 16.3 Å². The smallest absolute Gasteiger partial charge is 0.152 e. The molecule has 0 aliphatic carbocycles. The first-order valence-corrected chi connectivity index (χ1v) is 6.18. The Bertz CT molecular complexity index is 604. The topological polar surface area (TPSA) is 37.3 Å². The number of rotatable bonds is 2. The van der Waals surface area contributed by atoms with E-state index in [1.54, 1.807) is 0 Å². The lowest BCUT2D eigenvalue weighted by Gasteiger charge is -1.96. The third-order valence-electron chi connectivity index (χ3n) is 2.27. The lowest BCUT2D eigenvalue weighted by molar-refractivity contribution is 0.112. The van der Waals surface area contributed by atoms with Gasteiger partial charge in [-0.05, 0) is 30.3 Å². The molecule has 0 atom stereocenters. The zero-order chi connectivity index (χ0) is 15.1. The van der Waals surface area contributed by atoms with Gasteiger partial charge in [-0.25, -0.2) is 8.78 Å². The molecule has 0 fully saturated rings. The van der Waals surface area contributed by atoms with Crippen LogP contribution in [0.1, 0.15) is 15.9 Å². The van der Waals surface area contributed by atoms with Gasteiger partial charge in [-0.3, -0.25) is 4.79 Å². The highest BCUT2D eigenvalue weighted by Gasteiger charge is 2.00. The van der Waals surface area contributed by atoms with Crippen molar-refractivity contribution in [1.29, 1.82) is 0 Å². The lowest BCUT2D eigenvalue weighted by atomic mass is 10.2. The summed E-state index contributed by atoms with van der Waals surface area (Å²) in [5.41, 5.74) is 0.300. The summed E-state index contributed by atoms with van der Waals surface area (Å²) in [6.07, 6.45) is 0.450. The van der Waals surface area contributed by atoms with Crippen molar-refractivity contribution in [3.05, 3.63) is 69.2 Å². The van der Waals surface area contributed by atoms with Crippen LogP contribution in [0.15, 0.2) is 36.4 Å². The van der Waals surface area contributed by atoms with Gasteiger partial charge in [0.2, 0.25) is 0 Å². The summed E-state index contributed by atoms with van der Waals surface area (Å²) in [6.45, 7) is -0.289. The number of hydrogen-bond donors (Lipinski definition) is 1. The van der Waals surface area contributed by atoms with E-state index in [1.165, 1.54) is 30.3 Å². The van der Waals surface area contributed by atoms with Crippen molar-refractivity contribution in [2.45, 2.75) is 6.61 Å². The van der Waals surface area contributed by atoms with Gasteiger partial charge in [-0.15, -0.1) is 0 Å². The summed E-state index contributed by atoms with van der Waals surface area (Å²) < 4.78 is 25.1. The van der Waals surface area contributed by atoms with Crippen LogP contribution in [0.25, 0.3) is 0 Å². The van der Waals surface area contributed by atoms with Crippen LogP contribution in [-0.4, -0.2) is 11.4 Å². The van der Waals surface area contributed by atoms with E-state index in [0.717, 1.165) is 6.07 Å². The van der Waals surface area contributed by atoms with E-state index in [-0.39, 0.29) is 17.7 Å². The SMILES string of the molecule is O=Cc1ccc(Cl)cc1F.OCc1ccc(Cl)cc1F. The monoisotopic (exact) mass is 318 g/mol. The van der Waals surface area contributed by atoms with Crippen LogP contribution in [0.3, 0.4) is 0 Å². The van der Waals surface area contributed by atoms with Gasteiger partial charge in [0.15, 0.2) is 6.29 Å². The van der Waals surface area contributed by atoms with Crippen LogP contribution in [0.4, 0.5) is 8.78 Å². The van der Waals surface area contributed by atoms with E-state index < -0.39 is 11.6 Å². The molecule has 2 rings (SSSR count). The first-order valence-electron chi connectivity index (χ1n) is 5.43. The Morgan fingerprint density at radius 3 is 2.00 bits per heavy atom. The molecule has 0 radical (unpaired) electrons. The van der Waals surface area contributed by atoms with E-state index in [4.69, 9.17) is 28.3 Å². The Balaban J connectivity index is 0.000000200. The molecular weight excluding hydrogens is 309 g/mol. The number of aliphatic hydroxyl groups excluding tert-OH is 1. The van der Waals surface area contributed by atoms with Crippen molar-refractivity contribution >= 4 is 29.5 Å². The van der Waals surface area contributed by atoms with Gasteiger partial charge in [0, 0.05) is 15.6 Å². The fourth-order valence-electron chi connectivity index (χ4n) is 1.25. The zero-order valence-corrected chi connectivity index (χ0v) is 11.6. The third kappa shape index (κ3) is 4.89. The molecule has 6 heteroatoms. The van der Waals surface area contributed by atoms with E-state index in [2.05, 4.69) is 0 Å². The second kappa shape index (κ2) is 7.94. The second-order valence-corrected chi connectivity index (χ2v) is 4.55. The normalized spacial score (nSPS) is 9.65. The minimum absolute atomic E-state index is 0.0319. The van der Waals surface area contributed by atoms with Crippen LogP contribution in [0.5, 0.6) is 0 Å². The first-order chi connectivity index (χ1) is 9.47. The van der Waals surface area contributed by atoms with E-state index in [9.17, 15) is 13.6 Å². The largest absolute Gasteiger partial charge is 0.392 e. The molecule has 0 aliphatic rings. The average molecular weight is 319 g/mol. The predicted octanol–water partition coefficient (Wildman–Crippen LogP) is 4.26. The molecule has 2 aromatic rings. The fraction of sp³-hybridized carbons (Fsp3) is 0.0714. The van der Waals surface area contributed by atoms with Gasteiger partial charge < -0.3 is 5.11 Å². The second-order valence-electron chi connectivity index (χ2n) is 3.68. The maximum Gasteiger partial charge on any atom is 0.152 e. The van der Waals surface area contributed by atoms with Crippen LogP contribution < -0.4 is 0 Å². The van der Waals surface area contributed by atoms with Crippen molar-refractivity contribution in [1.82, 2.24) is 0 Å². The molecule has 1 N–H and O–H groups in total. The number of halogens is 4. The average Bonchev–Trinajstić information content (AvgIpc) is 2.40. The van der Waals surface area contributed by atoms with Crippen LogP contribution in [-0.2, 0) is 6.61 Å². The molecule has 0 saturated heterocycles. The predicted molar refractivity (Wildman–Crippen MR) is 74.1 cm³/mol. The quantitative estimate of drug-likeness (QED) is 0.840. The number of hydrogen-bond acceptors (Lipinski definition) is 2. The van der Waals surface area contributed by atoms with Gasteiger partial charge in [-0.2, -0.15) is 0 Å². The Kier molecular flexibility index (Phi) is 6.58. The molecule has 0 spiro atoms. The first kappa shape index (κ1) is 16.6. The minimum atomic E-state index is -0.581. The van der Waals surface area contributed by atoms with Crippen molar-refractivity contribution in [2.24, 2.45) is 0 Å². The molecule has 20 heavy (non-hydrogen) atoms. The van der Waals surface area contributed by atoms with Gasteiger partial charge in [0.05, 0.1) is 12.2 Å². The van der Waals surface area contributed by atoms with Gasteiger partial charge in [0.1, 0.15) is 11.6 Å². The fourth-order valence-corrected chi connectivity index (χ4v) is 1.56. The summed E-state index contributed by atoms with van der Waals surface area (Å²) in [5, 5.41) is 9.16. The minimum Gasteiger partial charge on any atom is -0.392 e.